The molecule has 5 nitrogen and oxygen atoms in total. The molecule has 0 aromatic heterocycles. The second-order valence-electron chi connectivity index (χ2n) is 6.09. The number of likely N-dealkylation sites (N-methyl/N-ethyl adjacent to an activating group) is 1. The van der Waals surface area contributed by atoms with Crippen LogP contribution < -0.4 is 4.74 Å². The van der Waals surface area contributed by atoms with Crippen LogP contribution in [0.2, 0.25) is 0 Å². The fraction of sp³-hybridized carbons (Fsp3) is 0.238. The summed E-state index contributed by atoms with van der Waals surface area (Å²) in [6.07, 6.45) is 2.69. The van der Waals surface area contributed by atoms with Crippen LogP contribution in [-0.4, -0.2) is 34.7 Å². The molecule has 1 aliphatic heterocycles. The summed E-state index contributed by atoms with van der Waals surface area (Å²) in [7, 11) is 1.51. The Morgan fingerprint density at radius 2 is 2.04 bits per heavy atom. The summed E-state index contributed by atoms with van der Waals surface area (Å²) < 4.78 is 5.88. The summed E-state index contributed by atoms with van der Waals surface area (Å²) in [4.78, 5) is 19.9. The van der Waals surface area contributed by atoms with Crippen LogP contribution in [0.15, 0.2) is 46.3 Å². The van der Waals surface area contributed by atoms with Crippen LogP contribution >= 0.6 is 34.4 Å². The summed E-state index contributed by atoms with van der Waals surface area (Å²) in [5.74, 6) is 0.416. The number of phenolic OH excluding ortho intramolecular Hbond substituents is 1. The number of aliphatic imine (C=N–C) groups is 1. The zero-order valence-corrected chi connectivity index (χ0v) is 18.9. The Morgan fingerprint density at radius 1 is 1.29 bits per heavy atom. The van der Waals surface area contributed by atoms with Crippen LogP contribution in [0.4, 0.5) is 5.69 Å². The van der Waals surface area contributed by atoms with Gasteiger partial charge in [-0.15, -0.1) is 0 Å². The largest absolute Gasteiger partial charge is 0.504 e. The number of carbonyl (C=O) groups is 1. The van der Waals surface area contributed by atoms with Crippen LogP contribution in [0.25, 0.3) is 6.08 Å². The number of amidine groups is 1. The Hall–Kier alpha value is -2.00. The summed E-state index contributed by atoms with van der Waals surface area (Å²) >= 11 is 3.41. The zero-order chi connectivity index (χ0) is 20.3. The van der Waals surface area contributed by atoms with Gasteiger partial charge in [0.25, 0.3) is 5.91 Å². The molecule has 1 fully saturated rings. The predicted octanol–water partition coefficient (Wildman–Crippen LogP) is 5.19. The molecule has 1 N–H and O–H groups in total. The molecule has 0 unspecified atom stereocenters. The van der Waals surface area contributed by atoms with Gasteiger partial charge in [-0.2, -0.15) is 0 Å². The molecule has 7 heteroatoms. The van der Waals surface area contributed by atoms with E-state index >= 15 is 0 Å². The monoisotopic (exact) mass is 508 g/mol. The molecule has 1 aliphatic rings. The van der Waals surface area contributed by atoms with Crippen molar-refractivity contribution in [2.75, 3.05) is 13.7 Å². The lowest BCUT2D eigenvalue weighted by Crippen LogP contribution is -2.28. The van der Waals surface area contributed by atoms with E-state index in [0.29, 0.717) is 25.9 Å². The standard InChI is InChI=1S/C21H21IN2O3S/c1-4-14-8-6-7-9-16(14)23-21-24(5-2)20(26)18(28-21)12-13-10-15(22)19(25)17(11-13)27-3/h6-12,25H,4-5H2,1-3H3/b18-12+,23-21?. The Balaban J connectivity index is 1.99. The second-order valence-corrected chi connectivity index (χ2v) is 8.26. The van der Waals surface area contributed by atoms with Crippen LogP contribution in [0.3, 0.4) is 0 Å². The van der Waals surface area contributed by atoms with E-state index < -0.39 is 0 Å². The van der Waals surface area contributed by atoms with Crippen molar-refractivity contribution in [2.24, 2.45) is 4.99 Å². The fourth-order valence-corrected chi connectivity index (χ4v) is 4.56. The molecule has 1 amide bonds. The number of methoxy groups -OCH3 is 1. The third-order valence-electron chi connectivity index (χ3n) is 4.36. The molecule has 1 heterocycles. The topological polar surface area (TPSA) is 62.1 Å². The van der Waals surface area contributed by atoms with Gasteiger partial charge in [-0.3, -0.25) is 9.69 Å². The van der Waals surface area contributed by atoms with Crippen LogP contribution in [0.1, 0.15) is 25.0 Å². The Kier molecular flexibility index (Phi) is 6.66. The van der Waals surface area contributed by atoms with Gasteiger partial charge in [0.05, 0.1) is 21.3 Å². The molecule has 1 saturated heterocycles. The van der Waals surface area contributed by atoms with Crippen molar-refractivity contribution < 1.29 is 14.6 Å². The average molecular weight is 508 g/mol. The molecule has 0 atom stereocenters. The van der Waals surface area contributed by atoms with Gasteiger partial charge in [0, 0.05) is 6.54 Å². The van der Waals surface area contributed by atoms with E-state index in [1.807, 2.05) is 59.9 Å². The normalized spacial score (nSPS) is 17.0. The minimum Gasteiger partial charge on any atom is -0.504 e. The number of hydrogen-bond acceptors (Lipinski definition) is 5. The van der Waals surface area contributed by atoms with Crippen molar-refractivity contribution in [2.45, 2.75) is 20.3 Å². The molecular weight excluding hydrogens is 487 g/mol. The highest BCUT2D eigenvalue weighted by molar-refractivity contribution is 14.1. The molecule has 0 aliphatic carbocycles. The van der Waals surface area contributed by atoms with Gasteiger partial charge in [-0.1, -0.05) is 25.1 Å². The average Bonchev–Trinajstić information content (AvgIpc) is 2.99. The van der Waals surface area contributed by atoms with Gasteiger partial charge in [0.15, 0.2) is 16.7 Å². The highest BCUT2D eigenvalue weighted by Crippen LogP contribution is 2.37. The third-order valence-corrected chi connectivity index (χ3v) is 6.19. The molecule has 0 radical (unpaired) electrons. The summed E-state index contributed by atoms with van der Waals surface area (Å²) in [6, 6.07) is 11.5. The number of benzene rings is 2. The number of rotatable bonds is 5. The first-order valence-corrected chi connectivity index (χ1v) is 10.8. The minimum absolute atomic E-state index is 0.0673. The number of aromatic hydroxyl groups is 1. The number of ether oxygens (including phenoxy) is 1. The number of carbonyl (C=O) groups excluding carboxylic acids is 1. The van der Waals surface area contributed by atoms with Gasteiger partial charge < -0.3 is 9.84 Å². The molecular formula is C21H21IN2O3S. The van der Waals surface area contributed by atoms with Crippen LogP contribution in [-0.2, 0) is 11.2 Å². The molecule has 2 aromatic carbocycles. The summed E-state index contributed by atoms with van der Waals surface area (Å²) in [5.41, 5.74) is 2.83. The van der Waals surface area contributed by atoms with Gasteiger partial charge in [0.1, 0.15) is 0 Å². The van der Waals surface area contributed by atoms with Crippen molar-refractivity contribution in [1.82, 2.24) is 4.90 Å². The fourth-order valence-electron chi connectivity index (χ4n) is 2.88. The minimum atomic E-state index is -0.0673. The highest BCUT2D eigenvalue weighted by atomic mass is 127. The smallest absolute Gasteiger partial charge is 0.266 e. The van der Waals surface area contributed by atoms with Crippen molar-refractivity contribution in [3.63, 3.8) is 0 Å². The number of phenols is 1. The van der Waals surface area contributed by atoms with Gasteiger partial charge in [0.2, 0.25) is 0 Å². The Morgan fingerprint density at radius 3 is 2.71 bits per heavy atom. The molecule has 2 aromatic rings. The lowest BCUT2D eigenvalue weighted by Gasteiger charge is -2.13. The molecule has 0 saturated carbocycles. The molecule has 28 heavy (non-hydrogen) atoms. The van der Waals surface area contributed by atoms with E-state index in [9.17, 15) is 9.90 Å². The van der Waals surface area contributed by atoms with E-state index in [4.69, 9.17) is 9.73 Å². The number of halogens is 1. The van der Waals surface area contributed by atoms with Gasteiger partial charge >= 0.3 is 0 Å². The van der Waals surface area contributed by atoms with E-state index in [0.717, 1.165) is 23.2 Å². The lowest BCUT2D eigenvalue weighted by atomic mass is 10.1. The van der Waals surface area contributed by atoms with E-state index in [1.54, 1.807) is 11.0 Å². The van der Waals surface area contributed by atoms with Crippen LogP contribution in [0.5, 0.6) is 11.5 Å². The molecule has 3 rings (SSSR count). The van der Waals surface area contributed by atoms with Crippen molar-refractivity contribution in [1.29, 1.82) is 0 Å². The molecule has 0 bridgehead atoms. The zero-order valence-electron chi connectivity index (χ0n) is 15.9. The maximum Gasteiger partial charge on any atom is 0.266 e. The number of hydrogen-bond donors (Lipinski definition) is 1. The Bertz CT molecular complexity index is 972. The van der Waals surface area contributed by atoms with Crippen molar-refractivity contribution in [3.05, 3.63) is 56.0 Å². The quantitative estimate of drug-likeness (QED) is 0.446. The number of thioether (sulfide) groups is 1. The summed E-state index contributed by atoms with van der Waals surface area (Å²) in [5, 5.41) is 10.7. The number of amides is 1. The number of aryl methyl sites for hydroxylation is 1. The van der Waals surface area contributed by atoms with Gasteiger partial charge in [-0.05, 0) is 83.1 Å². The van der Waals surface area contributed by atoms with Crippen molar-refractivity contribution >= 4 is 57.2 Å². The van der Waals surface area contributed by atoms with Crippen molar-refractivity contribution in [3.8, 4) is 11.5 Å². The number of para-hydroxylation sites is 1. The highest BCUT2D eigenvalue weighted by Gasteiger charge is 2.32. The lowest BCUT2D eigenvalue weighted by molar-refractivity contribution is -0.122. The molecule has 146 valence electrons. The first-order chi connectivity index (χ1) is 13.5. The second kappa shape index (κ2) is 9.00. The summed E-state index contributed by atoms with van der Waals surface area (Å²) in [6.45, 7) is 4.58. The number of nitrogens with zero attached hydrogens (tertiary/aromatic N) is 2. The predicted molar refractivity (Wildman–Crippen MR) is 123 cm³/mol. The van der Waals surface area contributed by atoms with Gasteiger partial charge in [-0.25, -0.2) is 4.99 Å². The molecule has 0 spiro atoms. The Labute approximate surface area is 182 Å². The maximum atomic E-state index is 12.9. The SMILES string of the molecule is CCc1ccccc1N=C1S/C(=C/c2cc(I)c(O)c(OC)c2)C(=O)N1CC. The third kappa shape index (κ3) is 4.20. The maximum absolute atomic E-state index is 12.9. The van der Waals surface area contributed by atoms with E-state index in [2.05, 4.69) is 13.0 Å². The van der Waals surface area contributed by atoms with Crippen LogP contribution in [0, 0.1) is 3.57 Å². The van der Waals surface area contributed by atoms with E-state index in [1.165, 1.54) is 18.9 Å². The van der Waals surface area contributed by atoms with E-state index in [-0.39, 0.29) is 11.7 Å². The first-order valence-electron chi connectivity index (χ1n) is 8.93. The first kappa shape index (κ1) is 20.7.